The van der Waals surface area contributed by atoms with E-state index in [-0.39, 0.29) is 18.4 Å². The normalized spacial score (nSPS) is 10.8. The molecule has 25 heavy (non-hydrogen) atoms. The number of nitrogens with zero attached hydrogens (tertiary/aromatic N) is 3. The summed E-state index contributed by atoms with van der Waals surface area (Å²) in [7, 11) is 0. The van der Waals surface area contributed by atoms with Gasteiger partial charge in [0.15, 0.2) is 12.4 Å². The molecular weight excluding hydrogens is 338 g/mol. The zero-order valence-corrected chi connectivity index (χ0v) is 14.7. The van der Waals surface area contributed by atoms with Gasteiger partial charge in [0.25, 0.3) is 5.89 Å². The number of carbonyl (C=O) groups is 1. The minimum Gasteiger partial charge on any atom is -0.452 e. The van der Waals surface area contributed by atoms with Gasteiger partial charge >= 0.3 is 5.97 Å². The van der Waals surface area contributed by atoms with Crippen LogP contribution in [0.3, 0.4) is 0 Å². The molecule has 128 valence electrons. The third kappa shape index (κ3) is 4.45. The molecule has 2 aromatic heterocycles. The van der Waals surface area contributed by atoms with E-state index in [1.54, 1.807) is 18.3 Å². The minimum atomic E-state index is -0.476. The van der Waals surface area contributed by atoms with E-state index in [9.17, 15) is 4.79 Å². The lowest BCUT2D eigenvalue weighted by molar-refractivity contribution is 0.0424. The average molecular weight is 355 g/mol. The largest absolute Gasteiger partial charge is 0.452 e. The maximum Gasteiger partial charge on any atom is 0.341 e. The topological polar surface area (TPSA) is 78.1 Å². The minimum absolute atomic E-state index is 0.0666. The van der Waals surface area contributed by atoms with Crippen LogP contribution in [0.5, 0.6) is 0 Å². The molecule has 0 atom stereocenters. The summed E-state index contributed by atoms with van der Waals surface area (Å²) in [6.07, 6.45) is 1.65. The Morgan fingerprint density at radius 3 is 2.72 bits per heavy atom. The van der Waals surface area contributed by atoms with Crippen LogP contribution in [-0.4, -0.2) is 21.1 Å². The second kappa shape index (κ2) is 7.94. The van der Waals surface area contributed by atoms with Gasteiger partial charge in [-0.05, 0) is 24.3 Å². The van der Waals surface area contributed by atoms with Crippen LogP contribution in [0.2, 0.25) is 0 Å². The highest BCUT2D eigenvalue weighted by Crippen LogP contribution is 2.28. The molecule has 6 nitrogen and oxygen atoms in total. The highest BCUT2D eigenvalue weighted by Gasteiger charge is 2.17. The predicted octanol–water partition coefficient (Wildman–Crippen LogP) is 4.10. The molecule has 0 saturated heterocycles. The van der Waals surface area contributed by atoms with Crippen molar-refractivity contribution in [3.05, 3.63) is 65.9 Å². The Kier molecular flexibility index (Phi) is 5.45. The van der Waals surface area contributed by atoms with Crippen molar-refractivity contribution in [1.29, 1.82) is 0 Å². The molecule has 0 aliphatic carbocycles. The van der Waals surface area contributed by atoms with Gasteiger partial charge in [-0.25, -0.2) is 9.78 Å². The molecule has 0 unspecified atom stereocenters. The molecule has 0 saturated carbocycles. The Labute approximate surface area is 149 Å². The lowest BCUT2D eigenvalue weighted by atomic mass is 10.2. The average Bonchev–Trinajstić information content (AvgIpc) is 3.10. The van der Waals surface area contributed by atoms with E-state index in [2.05, 4.69) is 15.1 Å². The van der Waals surface area contributed by atoms with Gasteiger partial charge < -0.3 is 9.26 Å². The highest BCUT2D eigenvalue weighted by atomic mass is 32.2. The van der Waals surface area contributed by atoms with Gasteiger partial charge in [-0.2, -0.15) is 4.98 Å². The fourth-order valence-electron chi connectivity index (χ4n) is 1.99. The molecule has 0 spiro atoms. The standard InChI is InChI=1S/C18H17N3O3S/c1-12(2)16-20-15(24-21-16)11-23-18(22)14-9-6-10-19-17(14)25-13-7-4-3-5-8-13/h3-10,12H,11H2,1-2H3. The summed E-state index contributed by atoms with van der Waals surface area (Å²) in [5, 5.41) is 4.44. The van der Waals surface area contributed by atoms with E-state index in [1.807, 2.05) is 44.2 Å². The first-order valence-electron chi connectivity index (χ1n) is 7.81. The van der Waals surface area contributed by atoms with Gasteiger partial charge in [0.2, 0.25) is 0 Å². The molecule has 0 radical (unpaired) electrons. The number of pyridine rings is 1. The fraction of sp³-hybridized carbons (Fsp3) is 0.222. The number of benzene rings is 1. The van der Waals surface area contributed by atoms with Gasteiger partial charge in [0.1, 0.15) is 5.03 Å². The van der Waals surface area contributed by atoms with Crippen LogP contribution in [0.1, 0.15) is 41.8 Å². The van der Waals surface area contributed by atoms with Crippen LogP contribution in [-0.2, 0) is 11.3 Å². The SMILES string of the molecule is CC(C)c1noc(COC(=O)c2cccnc2Sc2ccccc2)n1. The quantitative estimate of drug-likeness (QED) is 0.616. The molecule has 0 aliphatic heterocycles. The monoisotopic (exact) mass is 355 g/mol. The second-order valence-corrected chi connectivity index (χ2v) is 6.61. The van der Waals surface area contributed by atoms with Crippen molar-refractivity contribution in [3.63, 3.8) is 0 Å². The van der Waals surface area contributed by atoms with Crippen LogP contribution in [0, 0.1) is 0 Å². The first kappa shape index (κ1) is 17.2. The molecule has 0 aliphatic rings. The molecule has 1 aromatic carbocycles. The first-order chi connectivity index (χ1) is 12.1. The van der Waals surface area contributed by atoms with Crippen LogP contribution in [0.15, 0.2) is 63.1 Å². The molecular formula is C18H17N3O3S. The zero-order valence-electron chi connectivity index (χ0n) is 13.9. The zero-order chi connectivity index (χ0) is 17.6. The van der Waals surface area contributed by atoms with Crippen molar-refractivity contribution in [3.8, 4) is 0 Å². The summed E-state index contributed by atoms with van der Waals surface area (Å²) in [4.78, 5) is 21.9. The molecule has 2 heterocycles. The smallest absolute Gasteiger partial charge is 0.341 e. The number of aromatic nitrogens is 3. The van der Waals surface area contributed by atoms with Crippen molar-refractivity contribution < 1.29 is 14.1 Å². The summed E-state index contributed by atoms with van der Waals surface area (Å²) >= 11 is 1.41. The number of hydrogen-bond donors (Lipinski definition) is 0. The van der Waals surface area contributed by atoms with Crippen molar-refractivity contribution in [2.45, 2.75) is 36.3 Å². The summed E-state index contributed by atoms with van der Waals surface area (Å²) in [5.74, 6) is 0.544. The molecule has 0 N–H and O–H groups in total. The predicted molar refractivity (Wildman–Crippen MR) is 92.3 cm³/mol. The summed E-state index contributed by atoms with van der Waals surface area (Å²) < 4.78 is 10.4. The van der Waals surface area contributed by atoms with Crippen LogP contribution in [0.4, 0.5) is 0 Å². The third-order valence-electron chi connectivity index (χ3n) is 3.28. The van der Waals surface area contributed by atoms with Gasteiger partial charge in [0, 0.05) is 17.0 Å². The van der Waals surface area contributed by atoms with Gasteiger partial charge in [-0.1, -0.05) is 49.0 Å². The van der Waals surface area contributed by atoms with E-state index in [1.165, 1.54) is 11.8 Å². The summed E-state index contributed by atoms with van der Waals surface area (Å²) in [6, 6.07) is 13.1. The number of ether oxygens (including phenoxy) is 1. The molecule has 0 bridgehead atoms. The molecule has 3 rings (SSSR count). The number of carbonyl (C=O) groups excluding carboxylic acids is 1. The highest BCUT2D eigenvalue weighted by molar-refractivity contribution is 7.99. The maximum atomic E-state index is 12.4. The molecule has 0 amide bonds. The Hall–Kier alpha value is -2.67. The summed E-state index contributed by atoms with van der Waals surface area (Å²) in [6.45, 7) is 3.86. The van der Waals surface area contributed by atoms with E-state index in [4.69, 9.17) is 9.26 Å². The maximum absolute atomic E-state index is 12.4. The lowest BCUT2D eigenvalue weighted by Gasteiger charge is -2.07. The van der Waals surface area contributed by atoms with Crippen LogP contribution >= 0.6 is 11.8 Å². The van der Waals surface area contributed by atoms with Crippen molar-refractivity contribution >= 4 is 17.7 Å². The van der Waals surface area contributed by atoms with E-state index >= 15 is 0 Å². The van der Waals surface area contributed by atoms with E-state index < -0.39 is 5.97 Å². The van der Waals surface area contributed by atoms with Crippen molar-refractivity contribution in [2.75, 3.05) is 0 Å². The molecule has 7 heteroatoms. The molecule has 3 aromatic rings. The van der Waals surface area contributed by atoms with E-state index in [0.29, 0.717) is 16.4 Å². The molecule has 0 fully saturated rings. The van der Waals surface area contributed by atoms with Gasteiger partial charge in [-0.3, -0.25) is 0 Å². The fourth-order valence-corrected chi connectivity index (χ4v) is 2.89. The van der Waals surface area contributed by atoms with Crippen molar-refractivity contribution in [1.82, 2.24) is 15.1 Å². The number of hydrogen-bond acceptors (Lipinski definition) is 7. The number of rotatable bonds is 6. The van der Waals surface area contributed by atoms with Gasteiger partial charge in [-0.15, -0.1) is 0 Å². The van der Waals surface area contributed by atoms with Gasteiger partial charge in [0.05, 0.1) is 5.56 Å². The van der Waals surface area contributed by atoms with Crippen LogP contribution in [0.25, 0.3) is 0 Å². The Balaban J connectivity index is 1.69. The third-order valence-corrected chi connectivity index (χ3v) is 4.30. The Bertz CT molecular complexity index is 850. The second-order valence-electron chi connectivity index (χ2n) is 5.55. The first-order valence-corrected chi connectivity index (χ1v) is 8.62. The Morgan fingerprint density at radius 1 is 1.20 bits per heavy atom. The van der Waals surface area contributed by atoms with E-state index in [0.717, 1.165) is 4.90 Å². The van der Waals surface area contributed by atoms with Crippen molar-refractivity contribution in [2.24, 2.45) is 0 Å². The lowest BCUT2D eigenvalue weighted by Crippen LogP contribution is -2.07. The van der Waals surface area contributed by atoms with Crippen LogP contribution < -0.4 is 0 Å². The number of esters is 1. The summed E-state index contributed by atoms with van der Waals surface area (Å²) in [5.41, 5.74) is 0.403. The Morgan fingerprint density at radius 2 is 2.00 bits per heavy atom.